The zero-order chi connectivity index (χ0) is 19.2. The molecule has 4 nitrogen and oxygen atoms in total. The Kier molecular flexibility index (Phi) is 6.78. The minimum atomic E-state index is 0.282. The summed E-state index contributed by atoms with van der Waals surface area (Å²) in [6.45, 7) is 4.46. The monoisotopic (exact) mass is 398 g/mol. The number of hydrogen-bond donors (Lipinski definition) is 0. The van der Waals surface area contributed by atoms with Gasteiger partial charge in [-0.25, -0.2) is 0 Å². The molecule has 2 aliphatic heterocycles. The van der Waals surface area contributed by atoms with Crippen molar-refractivity contribution < 1.29 is 9.53 Å². The molecule has 150 valence electrons. The second-order valence-electron chi connectivity index (χ2n) is 7.90. The number of rotatable bonds is 7. The number of carbonyl (C=O) groups excluding carboxylic acids is 1. The first kappa shape index (κ1) is 19.6. The van der Waals surface area contributed by atoms with Gasteiger partial charge in [-0.1, -0.05) is 36.4 Å². The molecule has 0 saturated carbocycles. The largest absolute Gasteiger partial charge is 0.375 e. The van der Waals surface area contributed by atoms with Crippen LogP contribution in [0.4, 0.5) is 0 Å². The van der Waals surface area contributed by atoms with Crippen molar-refractivity contribution in [2.45, 2.75) is 50.8 Å². The topological polar surface area (TPSA) is 32.8 Å². The molecule has 1 atom stereocenters. The molecule has 2 saturated heterocycles. The lowest BCUT2D eigenvalue weighted by Gasteiger charge is -2.39. The number of hydrogen-bond acceptors (Lipinski definition) is 4. The van der Waals surface area contributed by atoms with E-state index in [1.807, 2.05) is 17.5 Å². The van der Waals surface area contributed by atoms with Gasteiger partial charge in [0.1, 0.15) is 0 Å². The van der Waals surface area contributed by atoms with E-state index in [0.29, 0.717) is 25.1 Å². The number of ether oxygens (including phenoxy) is 1. The number of piperidine rings is 1. The van der Waals surface area contributed by atoms with Crippen LogP contribution in [-0.4, -0.2) is 54.0 Å². The van der Waals surface area contributed by atoms with Crippen molar-refractivity contribution in [3.8, 4) is 0 Å². The van der Waals surface area contributed by atoms with Crippen LogP contribution in [-0.2, 0) is 22.6 Å². The van der Waals surface area contributed by atoms with Gasteiger partial charge in [-0.15, -0.1) is 11.3 Å². The molecule has 4 rings (SSSR count). The highest BCUT2D eigenvalue weighted by molar-refractivity contribution is 7.10. The van der Waals surface area contributed by atoms with Crippen molar-refractivity contribution in [3.63, 3.8) is 0 Å². The smallest absolute Gasteiger partial charge is 0.227 e. The summed E-state index contributed by atoms with van der Waals surface area (Å²) in [6, 6.07) is 15.6. The number of thiophene rings is 1. The predicted octanol–water partition coefficient (Wildman–Crippen LogP) is 3.96. The van der Waals surface area contributed by atoms with E-state index < -0.39 is 0 Å². The van der Waals surface area contributed by atoms with Gasteiger partial charge in [0.25, 0.3) is 0 Å². The number of amides is 1. The molecule has 1 aromatic heterocycles. The Morgan fingerprint density at radius 1 is 1.04 bits per heavy atom. The van der Waals surface area contributed by atoms with Crippen LogP contribution in [0.3, 0.4) is 0 Å². The molecule has 0 N–H and O–H groups in total. The Hall–Kier alpha value is -1.69. The molecular formula is C23H30N2O2S. The molecule has 0 spiro atoms. The van der Waals surface area contributed by atoms with E-state index in [0.717, 1.165) is 32.5 Å². The highest BCUT2D eigenvalue weighted by Gasteiger charge is 2.33. The summed E-state index contributed by atoms with van der Waals surface area (Å²) in [4.78, 5) is 18.4. The van der Waals surface area contributed by atoms with Crippen molar-refractivity contribution in [3.05, 3.63) is 58.3 Å². The summed E-state index contributed by atoms with van der Waals surface area (Å²) in [5.74, 6) is 0.282. The van der Waals surface area contributed by atoms with Crippen LogP contribution in [0.1, 0.15) is 36.1 Å². The summed E-state index contributed by atoms with van der Waals surface area (Å²) >= 11 is 1.67. The van der Waals surface area contributed by atoms with E-state index in [4.69, 9.17) is 4.74 Å². The highest BCUT2D eigenvalue weighted by atomic mass is 32.1. The fraction of sp³-hybridized carbons (Fsp3) is 0.522. The molecule has 1 aromatic carbocycles. The van der Waals surface area contributed by atoms with Gasteiger partial charge in [-0.3, -0.25) is 9.69 Å². The first-order valence-electron chi connectivity index (χ1n) is 10.5. The summed E-state index contributed by atoms with van der Waals surface area (Å²) in [6.07, 6.45) is 5.22. The van der Waals surface area contributed by atoms with Crippen LogP contribution in [0.15, 0.2) is 47.8 Å². The Bertz CT molecular complexity index is 726. The van der Waals surface area contributed by atoms with Crippen LogP contribution >= 0.6 is 11.3 Å². The van der Waals surface area contributed by atoms with Crippen molar-refractivity contribution >= 4 is 17.2 Å². The van der Waals surface area contributed by atoms with E-state index in [2.05, 4.69) is 40.1 Å². The van der Waals surface area contributed by atoms with Crippen LogP contribution < -0.4 is 0 Å². The van der Waals surface area contributed by atoms with Crippen molar-refractivity contribution in [1.82, 2.24) is 9.80 Å². The number of carbonyl (C=O) groups is 1. The first-order valence-corrected chi connectivity index (χ1v) is 11.3. The molecule has 2 aliphatic rings. The van der Waals surface area contributed by atoms with Crippen molar-refractivity contribution in [2.75, 3.05) is 26.2 Å². The number of likely N-dealkylation sites (tertiary alicyclic amines) is 2. The summed E-state index contributed by atoms with van der Waals surface area (Å²) in [5, 5.41) is 2.04. The maximum absolute atomic E-state index is 12.5. The average molecular weight is 399 g/mol. The second-order valence-corrected chi connectivity index (χ2v) is 8.93. The van der Waals surface area contributed by atoms with Gasteiger partial charge >= 0.3 is 0 Å². The normalized spacial score (nSPS) is 21.3. The van der Waals surface area contributed by atoms with Crippen LogP contribution in [0.5, 0.6) is 0 Å². The molecule has 5 heteroatoms. The molecule has 0 unspecified atom stereocenters. The highest BCUT2D eigenvalue weighted by Crippen LogP contribution is 2.27. The van der Waals surface area contributed by atoms with Gasteiger partial charge in [0.05, 0.1) is 19.6 Å². The predicted molar refractivity (Wildman–Crippen MR) is 113 cm³/mol. The summed E-state index contributed by atoms with van der Waals surface area (Å²) < 4.78 is 6.04. The zero-order valence-corrected chi connectivity index (χ0v) is 17.3. The lowest BCUT2D eigenvalue weighted by atomic mass is 10.0. The fourth-order valence-corrected chi connectivity index (χ4v) is 5.22. The van der Waals surface area contributed by atoms with E-state index in [1.54, 1.807) is 11.3 Å². The second kappa shape index (κ2) is 9.68. The third kappa shape index (κ3) is 5.02. The minimum absolute atomic E-state index is 0.282. The first-order chi connectivity index (χ1) is 13.8. The Morgan fingerprint density at radius 3 is 2.61 bits per heavy atom. The van der Waals surface area contributed by atoms with Crippen molar-refractivity contribution in [2.24, 2.45) is 0 Å². The summed E-state index contributed by atoms with van der Waals surface area (Å²) in [7, 11) is 0. The van der Waals surface area contributed by atoms with Crippen LogP contribution in [0.2, 0.25) is 0 Å². The Labute approximate surface area is 172 Å². The average Bonchev–Trinajstić information content (AvgIpc) is 3.41. The standard InChI is InChI=1S/C23H30N2O2S/c26-23(16-22-9-5-15-28-22)24-13-10-20(11-14-24)25-12-4-8-21(25)18-27-17-19-6-2-1-3-7-19/h1-3,5-7,9,15,20-21H,4,8,10-14,16-18H2/t21-/m1/s1. The molecule has 2 fully saturated rings. The SMILES string of the molecule is O=C(Cc1cccs1)N1CCC(N2CCC[C@@H]2COCc2ccccc2)CC1. The van der Waals surface area contributed by atoms with E-state index in [9.17, 15) is 4.79 Å². The lowest BCUT2D eigenvalue weighted by Crippen LogP contribution is -2.49. The number of nitrogens with zero attached hydrogens (tertiary/aromatic N) is 2. The zero-order valence-electron chi connectivity index (χ0n) is 16.5. The maximum atomic E-state index is 12.5. The van der Waals surface area contributed by atoms with Gasteiger partial charge < -0.3 is 9.64 Å². The maximum Gasteiger partial charge on any atom is 0.227 e. The third-order valence-electron chi connectivity index (χ3n) is 6.04. The van der Waals surface area contributed by atoms with Gasteiger partial charge in [0, 0.05) is 30.1 Å². The molecule has 2 aromatic rings. The van der Waals surface area contributed by atoms with Crippen LogP contribution in [0.25, 0.3) is 0 Å². The quantitative estimate of drug-likeness (QED) is 0.708. The molecule has 28 heavy (non-hydrogen) atoms. The Balaban J connectivity index is 1.22. The fourth-order valence-electron chi connectivity index (χ4n) is 4.53. The molecular weight excluding hydrogens is 368 g/mol. The molecule has 3 heterocycles. The third-order valence-corrected chi connectivity index (χ3v) is 6.91. The molecule has 0 aliphatic carbocycles. The Morgan fingerprint density at radius 2 is 1.86 bits per heavy atom. The number of benzene rings is 1. The molecule has 1 amide bonds. The summed E-state index contributed by atoms with van der Waals surface area (Å²) in [5.41, 5.74) is 1.24. The van der Waals surface area contributed by atoms with Gasteiger partial charge in [0.2, 0.25) is 5.91 Å². The van der Waals surface area contributed by atoms with Crippen LogP contribution in [0, 0.1) is 0 Å². The van der Waals surface area contributed by atoms with E-state index >= 15 is 0 Å². The van der Waals surface area contributed by atoms with Gasteiger partial charge in [-0.05, 0) is 49.2 Å². The van der Waals surface area contributed by atoms with Gasteiger partial charge in [0.15, 0.2) is 0 Å². The van der Waals surface area contributed by atoms with Crippen molar-refractivity contribution in [1.29, 1.82) is 0 Å². The lowest BCUT2D eigenvalue weighted by molar-refractivity contribution is -0.132. The molecule has 0 bridgehead atoms. The minimum Gasteiger partial charge on any atom is -0.375 e. The van der Waals surface area contributed by atoms with Gasteiger partial charge in [-0.2, -0.15) is 0 Å². The van der Waals surface area contributed by atoms with E-state index in [-0.39, 0.29) is 5.91 Å². The molecule has 0 radical (unpaired) electrons. The van der Waals surface area contributed by atoms with E-state index in [1.165, 1.54) is 29.8 Å².